The zero-order chi connectivity index (χ0) is 30.2. The number of fused-ring (bicyclic) bond motifs is 1. The van der Waals surface area contributed by atoms with Crippen LogP contribution < -0.4 is 20.7 Å². The van der Waals surface area contributed by atoms with Crippen LogP contribution in [-0.2, 0) is 9.47 Å². The third kappa shape index (κ3) is 10.3. The molecule has 11 nitrogen and oxygen atoms in total. The van der Waals surface area contributed by atoms with Gasteiger partial charge in [-0.2, -0.15) is 0 Å². The van der Waals surface area contributed by atoms with Crippen LogP contribution in [0.25, 0.3) is 22.2 Å². The van der Waals surface area contributed by atoms with E-state index in [1.165, 1.54) is 0 Å². The molecule has 4 N–H and O–H groups in total. The minimum Gasteiger partial charge on any atom is -0.497 e. The number of amides is 3. The maximum absolute atomic E-state index is 13.0. The van der Waals surface area contributed by atoms with E-state index in [0.717, 1.165) is 22.4 Å². The second-order valence-electron chi connectivity index (χ2n) is 11.7. The van der Waals surface area contributed by atoms with Crippen LogP contribution in [0, 0.1) is 0 Å². The van der Waals surface area contributed by atoms with Crippen molar-refractivity contribution in [3.05, 3.63) is 48.3 Å². The third-order valence-corrected chi connectivity index (χ3v) is 5.75. The molecule has 0 unspecified atom stereocenters. The van der Waals surface area contributed by atoms with E-state index in [1.807, 2.05) is 42.5 Å². The molecular weight excluding hydrogens is 526 g/mol. The van der Waals surface area contributed by atoms with Crippen LogP contribution in [0.1, 0.15) is 65.0 Å². The Kier molecular flexibility index (Phi) is 10.2. The lowest BCUT2D eigenvalue weighted by Gasteiger charge is -2.24. The number of alkyl carbamates (subject to hydrolysis) is 2. The molecule has 2 aromatic carbocycles. The normalized spacial score (nSPS) is 12.4. The van der Waals surface area contributed by atoms with Gasteiger partial charge in [0.15, 0.2) is 5.82 Å². The van der Waals surface area contributed by atoms with Gasteiger partial charge >= 0.3 is 12.2 Å². The van der Waals surface area contributed by atoms with Gasteiger partial charge < -0.3 is 35.1 Å². The number of hydrogen-bond donors (Lipinski definition) is 4. The largest absolute Gasteiger partial charge is 0.497 e. The van der Waals surface area contributed by atoms with Crippen molar-refractivity contribution in [2.24, 2.45) is 0 Å². The van der Waals surface area contributed by atoms with E-state index < -0.39 is 35.3 Å². The van der Waals surface area contributed by atoms with E-state index in [-0.39, 0.29) is 12.4 Å². The average Bonchev–Trinajstić information content (AvgIpc) is 3.31. The Bertz CT molecular complexity index is 1340. The summed E-state index contributed by atoms with van der Waals surface area (Å²) in [7, 11) is 1.62. The Morgan fingerprint density at radius 2 is 1.51 bits per heavy atom. The van der Waals surface area contributed by atoms with Crippen LogP contribution in [0.2, 0.25) is 0 Å². The van der Waals surface area contributed by atoms with E-state index in [1.54, 1.807) is 48.7 Å². The number of benzene rings is 2. The minimum absolute atomic E-state index is 0.138. The number of nitrogens with zero attached hydrogens (tertiary/aromatic N) is 1. The quantitative estimate of drug-likeness (QED) is 0.248. The molecule has 3 rings (SSSR count). The monoisotopic (exact) mass is 567 g/mol. The molecule has 222 valence electrons. The molecule has 1 atom stereocenters. The van der Waals surface area contributed by atoms with Crippen LogP contribution in [0.5, 0.6) is 5.75 Å². The van der Waals surface area contributed by atoms with Gasteiger partial charge in [-0.1, -0.05) is 18.2 Å². The smallest absolute Gasteiger partial charge is 0.407 e. The summed E-state index contributed by atoms with van der Waals surface area (Å²) in [5, 5.41) is 8.35. The number of nitrogens with one attached hydrogen (secondary N) is 4. The molecule has 1 heterocycles. The van der Waals surface area contributed by atoms with E-state index in [2.05, 4.69) is 25.9 Å². The van der Waals surface area contributed by atoms with Crippen LogP contribution in [0.15, 0.2) is 42.5 Å². The number of rotatable bonds is 10. The fourth-order valence-electron chi connectivity index (χ4n) is 3.93. The van der Waals surface area contributed by atoms with Gasteiger partial charge in [0.2, 0.25) is 0 Å². The Hall–Kier alpha value is -4.28. The first-order chi connectivity index (χ1) is 19.2. The Morgan fingerprint density at radius 3 is 2.15 bits per heavy atom. The first-order valence-corrected chi connectivity index (χ1v) is 13.6. The van der Waals surface area contributed by atoms with Gasteiger partial charge in [-0.3, -0.25) is 4.79 Å². The summed E-state index contributed by atoms with van der Waals surface area (Å²) in [6.07, 6.45) is -0.0937. The van der Waals surface area contributed by atoms with Gasteiger partial charge in [0.1, 0.15) is 17.0 Å². The molecule has 1 aromatic heterocycles. The van der Waals surface area contributed by atoms with E-state index in [0.29, 0.717) is 24.9 Å². The van der Waals surface area contributed by atoms with Crippen molar-refractivity contribution in [1.29, 1.82) is 0 Å². The summed E-state index contributed by atoms with van der Waals surface area (Å²) in [5.74, 6) is 0.527. The predicted octanol–water partition coefficient (Wildman–Crippen LogP) is 5.17. The summed E-state index contributed by atoms with van der Waals surface area (Å²) >= 11 is 0. The molecule has 0 saturated carbocycles. The van der Waals surface area contributed by atoms with Crippen molar-refractivity contribution in [1.82, 2.24) is 25.9 Å². The molecular formula is C30H41N5O6. The lowest BCUT2D eigenvalue weighted by Crippen LogP contribution is -2.46. The van der Waals surface area contributed by atoms with E-state index in [9.17, 15) is 14.4 Å². The van der Waals surface area contributed by atoms with Crippen LogP contribution in [-0.4, -0.2) is 65.5 Å². The average molecular weight is 568 g/mol. The third-order valence-electron chi connectivity index (χ3n) is 5.75. The van der Waals surface area contributed by atoms with Crippen LogP contribution in [0.3, 0.4) is 0 Å². The number of aromatic nitrogens is 2. The van der Waals surface area contributed by atoms with E-state index >= 15 is 0 Å². The van der Waals surface area contributed by atoms with Crippen LogP contribution in [0.4, 0.5) is 9.59 Å². The summed E-state index contributed by atoms with van der Waals surface area (Å²) in [4.78, 5) is 44.8. The fraction of sp³-hybridized carbons (Fsp3) is 0.467. The van der Waals surface area contributed by atoms with Crippen molar-refractivity contribution < 1.29 is 28.6 Å². The highest BCUT2D eigenvalue weighted by molar-refractivity contribution is 5.95. The summed E-state index contributed by atoms with van der Waals surface area (Å²) < 4.78 is 15.9. The van der Waals surface area contributed by atoms with Crippen molar-refractivity contribution in [3.8, 4) is 16.9 Å². The predicted molar refractivity (Wildman–Crippen MR) is 157 cm³/mol. The second-order valence-corrected chi connectivity index (χ2v) is 11.7. The minimum atomic E-state index is -0.672. The van der Waals surface area contributed by atoms with Gasteiger partial charge in [0.05, 0.1) is 18.1 Å². The number of aromatic amines is 1. The number of methoxy groups -OCH3 is 1. The number of carbonyl (C=O) groups is 3. The number of imidazole rings is 1. The number of ether oxygens (including phenoxy) is 3. The second kappa shape index (κ2) is 13.4. The summed E-state index contributed by atoms with van der Waals surface area (Å²) in [5.41, 5.74) is 2.09. The van der Waals surface area contributed by atoms with Crippen molar-refractivity contribution in [2.75, 3.05) is 20.2 Å². The molecule has 0 spiro atoms. The summed E-state index contributed by atoms with van der Waals surface area (Å²) in [6.45, 7) is 11.2. The molecule has 0 aliphatic heterocycles. The molecule has 41 heavy (non-hydrogen) atoms. The van der Waals surface area contributed by atoms with Crippen LogP contribution >= 0.6 is 0 Å². The highest BCUT2D eigenvalue weighted by Gasteiger charge is 2.21. The highest BCUT2D eigenvalue weighted by Crippen LogP contribution is 2.25. The summed E-state index contributed by atoms with van der Waals surface area (Å²) in [6, 6.07) is 13.0. The molecule has 0 aliphatic carbocycles. The Morgan fingerprint density at radius 1 is 0.878 bits per heavy atom. The zero-order valence-corrected chi connectivity index (χ0v) is 24.8. The van der Waals surface area contributed by atoms with Crippen molar-refractivity contribution in [2.45, 2.75) is 71.6 Å². The lowest BCUT2D eigenvalue weighted by atomic mass is 10.1. The first kappa shape index (κ1) is 31.3. The molecule has 0 radical (unpaired) electrons. The maximum atomic E-state index is 13.0. The first-order valence-electron chi connectivity index (χ1n) is 13.6. The molecule has 3 aromatic rings. The highest BCUT2D eigenvalue weighted by atomic mass is 16.6. The van der Waals surface area contributed by atoms with Crippen molar-refractivity contribution in [3.63, 3.8) is 0 Å². The molecule has 3 amide bonds. The zero-order valence-electron chi connectivity index (χ0n) is 24.8. The molecule has 0 saturated heterocycles. The fourth-order valence-corrected chi connectivity index (χ4v) is 3.93. The van der Waals surface area contributed by atoms with Gasteiger partial charge in [0.25, 0.3) is 5.91 Å². The van der Waals surface area contributed by atoms with Gasteiger partial charge in [-0.05, 0) is 89.8 Å². The van der Waals surface area contributed by atoms with Gasteiger partial charge in [-0.15, -0.1) is 0 Å². The lowest BCUT2D eigenvalue weighted by molar-refractivity contribution is 0.0487. The topological polar surface area (TPSA) is 144 Å². The number of H-pyrrole nitrogens is 1. The standard InChI is InChI=1S/C30H41N5O6/c1-29(2,3)40-27(37)31-16-8-9-21(33-28(38)41-30(4,5)6)18-32-26(36)25-34-23-15-12-20(17-24(23)35-25)19-10-13-22(39-7)14-11-19/h10-15,17,21H,8-9,16,18H2,1-7H3,(H,31,37)(H,32,36)(H,33,38)(H,34,35)/t21-/m0/s1. The number of hydrogen-bond acceptors (Lipinski definition) is 7. The maximum Gasteiger partial charge on any atom is 0.407 e. The molecule has 11 heteroatoms. The van der Waals surface area contributed by atoms with E-state index in [4.69, 9.17) is 14.2 Å². The van der Waals surface area contributed by atoms with Crippen molar-refractivity contribution >= 4 is 29.1 Å². The SMILES string of the molecule is COc1ccc(-c2ccc3nc(C(=O)NC[C@H](CCCNC(=O)OC(C)(C)C)NC(=O)OC(C)(C)C)[nH]c3c2)cc1. The van der Waals surface area contributed by atoms with Gasteiger partial charge in [0, 0.05) is 19.1 Å². The Balaban J connectivity index is 1.62. The number of carbonyl (C=O) groups excluding carboxylic acids is 3. The Labute approximate surface area is 240 Å². The molecule has 0 fully saturated rings. The molecule has 0 bridgehead atoms. The molecule has 0 aliphatic rings. The van der Waals surface area contributed by atoms with Gasteiger partial charge in [-0.25, -0.2) is 14.6 Å².